The first-order chi connectivity index (χ1) is 48.3. The molecule has 534 valence electrons. The van der Waals surface area contributed by atoms with Crippen LogP contribution in [-0.4, -0.2) is 220 Å². The third-order valence-corrected chi connectivity index (χ3v) is 21.4. The Morgan fingerprint density at radius 2 is 1.52 bits per heavy atom. The molecular formula is C63H68N14O19S5. The lowest BCUT2D eigenvalue weighted by molar-refractivity contribution is -0.280. The lowest BCUT2D eigenvalue weighted by atomic mass is 9.85. The number of hydrogen-bond donors (Lipinski definition) is 12. The molecule has 12 rings (SSSR count). The van der Waals surface area contributed by atoms with Crippen LogP contribution < -0.4 is 31.9 Å². The average molecular weight is 1490 g/mol. The van der Waals surface area contributed by atoms with Gasteiger partial charge in [0, 0.05) is 69.5 Å². The van der Waals surface area contributed by atoms with Gasteiger partial charge in [0.15, 0.2) is 18.1 Å². The summed E-state index contributed by atoms with van der Waals surface area (Å²) in [6, 6.07) is 0.716. The predicted octanol–water partition coefficient (Wildman–Crippen LogP) is 2.84. The van der Waals surface area contributed by atoms with E-state index in [2.05, 4.69) is 46.9 Å². The third-order valence-electron chi connectivity index (χ3n) is 16.9. The van der Waals surface area contributed by atoms with Gasteiger partial charge in [-0.05, 0) is 59.5 Å². The number of rotatable bonds is 13. The van der Waals surface area contributed by atoms with Crippen LogP contribution in [-0.2, 0) is 51.2 Å². The van der Waals surface area contributed by atoms with E-state index in [4.69, 9.17) is 48.5 Å². The number of methoxy groups -OCH3 is 1. The molecule has 8 aromatic rings. The van der Waals surface area contributed by atoms with E-state index in [1.165, 1.54) is 54.6 Å². The summed E-state index contributed by atoms with van der Waals surface area (Å²) in [4.78, 5) is 133. The number of cyclic esters (lactones) is 2. The molecule has 1 unspecified atom stereocenters. The highest BCUT2D eigenvalue weighted by Crippen LogP contribution is 2.43. The first kappa shape index (κ1) is 71.9. The van der Waals surface area contributed by atoms with E-state index in [-0.39, 0.29) is 124 Å². The Hall–Kier alpha value is -8.87. The molecule has 1 aromatic carbocycles. The van der Waals surface area contributed by atoms with Crippen molar-refractivity contribution < 1.29 is 92.7 Å². The molecular weight excluding hydrogens is 1420 g/mol. The number of aromatic nitrogens is 7. The van der Waals surface area contributed by atoms with Crippen molar-refractivity contribution in [2.45, 2.75) is 114 Å². The number of allylic oxidation sites excluding steroid dienone is 1. The molecule has 4 aliphatic rings. The molecule has 4 aliphatic heterocycles. The second-order valence-corrected chi connectivity index (χ2v) is 28.7. The Labute approximate surface area is 593 Å². The van der Waals surface area contributed by atoms with Crippen molar-refractivity contribution >= 4 is 115 Å². The molecule has 11 heterocycles. The molecule has 0 radical (unpaired) electrons. The van der Waals surface area contributed by atoms with Gasteiger partial charge in [0.25, 0.3) is 23.6 Å². The lowest BCUT2D eigenvalue weighted by Crippen LogP contribution is -2.62. The van der Waals surface area contributed by atoms with Gasteiger partial charge in [0.1, 0.15) is 120 Å². The lowest BCUT2D eigenvalue weighted by Gasteiger charge is -2.48. The van der Waals surface area contributed by atoms with E-state index >= 15 is 19.2 Å². The number of likely N-dealkylation sites (N-methyl/N-ethyl adjacent to an activating group) is 1. The van der Waals surface area contributed by atoms with E-state index in [0.717, 1.165) is 56.7 Å². The second-order valence-electron chi connectivity index (χ2n) is 24.3. The minimum Gasteiger partial charge on any atom is -0.506 e. The molecule has 101 heavy (non-hydrogen) atoms. The summed E-state index contributed by atoms with van der Waals surface area (Å²) in [6.45, 7) is 4.26. The smallest absolute Gasteiger partial charge is 0.358 e. The van der Waals surface area contributed by atoms with Crippen molar-refractivity contribution in [1.29, 1.82) is 0 Å². The number of ether oxygens (including phenoxy) is 6. The summed E-state index contributed by atoms with van der Waals surface area (Å²) in [6.07, 6.45) is -8.53. The zero-order chi connectivity index (χ0) is 71.9. The number of nitrogens with zero attached hydrogens (tertiary/aromatic N) is 8. The number of aliphatic hydroxyl groups excluding tert-OH is 3. The molecule has 1 fully saturated rings. The van der Waals surface area contributed by atoms with Gasteiger partial charge in [-0.2, -0.15) is 4.73 Å². The van der Waals surface area contributed by atoms with E-state index in [1.54, 1.807) is 50.4 Å². The summed E-state index contributed by atoms with van der Waals surface area (Å²) in [5.41, 5.74) is -2.48. The second kappa shape index (κ2) is 30.0. The fourth-order valence-electron chi connectivity index (χ4n) is 12.2. The summed E-state index contributed by atoms with van der Waals surface area (Å²) in [5.74, 6) is -6.90. The van der Waals surface area contributed by atoms with Gasteiger partial charge >= 0.3 is 11.9 Å². The molecule has 38 heteroatoms. The largest absolute Gasteiger partial charge is 0.506 e. The number of carbonyl (C=O) groups is 7. The maximum absolute atomic E-state index is 15.2. The number of aromatic hydroxyl groups is 1. The summed E-state index contributed by atoms with van der Waals surface area (Å²) in [5, 5.41) is 90.1. The monoisotopic (exact) mass is 1480 g/mol. The number of aliphatic hydroxyl groups is 4. The quantitative estimate of drug-likeness (QED) is 0.0342. The number of hydrogen-bond acceptors (Lipinski definition) is 32. The Balaban J connectivity index is 1.01. The zero-order valence-electron chi connectivity index (χ0n) is 54.7. The van der Waals surface area contributed by atoms with Crippen molar-refractivity contribution in [3.05, 3.63) is 112 Å². The topological polar surface area (TPSA) is 454 Å². The van der Waals surface area contributed by atoms with E-state index < -0.39 is 146 Å². The zero-order valence-corrected chi connectivity index (χ0v) is 58.8. The van der Waals surface area contributed by atoms with Crippen LogP contribution in [0.4, 0.5) is 0 Å². The van der Waals surface area contributed by atoms with Gasteiger partial charge in [-0.1, -0.05) is 12.1 Å². The molecule has 12 bridgehead atoms. The number of nitrogens with one attached hydrogen (secondary N) is 6. The van der Waals surface area contributed by atoms with Crippen molar-refractivity contribution in [1.82, 2.24) is 71.4 Å². The van der Waals surface area contributed by atoms with Gasteiger partial charge in [0.05, 0.1) is 55.8 Å². The molecule has 1 saturated heterocycles. The van der Waals surface area contributed by atoms with E-state index in [0.29, 0.717) is 10.3 Å². The Bertz CT molecular complexity index is 4540. The van der Waals surface area contributed by atoms with Crippen LogP contribution in [0.15, 0.2) is 56.9 Å². The van der Waals surface area contributed by atoms with Crippen LogP contribution in [0, 0.1) is 0 Å². The molecule has 0 aliphatic carbocycles. The van der Waals surface area contributed by atoms with Crippen LogP contribution in [0.3, 0.4) is 0 Å². The van der Waals surface area contributed by atoms with Crippen molar-refractivity contribution in [3.63, 3.8) is 0 Å². The summed E-state index contributed by atoms with van der Waals surface area (Å²) >= 11 is 4.60. The average Bonchev–Trinajstić information content (AvgIpc) is 1.42. The Morgan fingerprint density at radius 3 is 2.26 bits per heavy atom. The normalized spacial score (nSPS) is 24.1. The van der Waals surface area contributed by atoms with E-state index in [9.17, 15) is 40.0 Å². The number of esters is 2. The van der Waals surface area contributed by atoms with Crippen LogP contribution in [0.2, 0.25) is 0 Å². The highest BCUT2D eigenvalue weighted by molar-refractivity contribution is 7.14. The molecule has 0 spiro atoms. The number of benzene rings is 1. The molecule has 0 saturated carbocycles. The van der Waals surface area contributed by atoms with Crippen molar-refractivity contribution in [2.24, 2.45) is 0 Å². The number of fused-ring (bicyclic) bond motifs is 15. The number of pyridine rings is 1. The van der Waals surface area contributed by atoms with Crippen LogP contribution >= 0.6 is 56.7 Å². The number of carbonyl (C=O) groups excluding carboxylic acids is 7. The van der Waals surface area contributed by atoms with Gasteiger partial charge in [-0.25, -0.2) is 39.5 Å². The molecule has 5 amide bonds. The maximum Gasteiger partial charge on any atom is 0.358 e. The first-order valence-corrected chi connectivity index (χ1v) is 35.7. The van der Waals surface area contributed by atoms with E-state index in [1.807, 2.05) is 0 Å². The highest BCUT2D eigenvalue weighted by atomic mass is 32.1. The fourth-order valence-corrected chi connectivity index (χ4v) is 16.3. The first-order valence-electron chi connectivity index (χ1n) is 31.3. The van der Waals surface area contributed by atoms with Crippen LogP contribution in [0.5, 0.6) is 5.75 Å². The third kappa shape index (κ3) is 14.9. The van der Waals surface area contributed by atoms with Gasteiger partial charge in [0.2, 0.25) is 5.91 Å². The summed E-state index contributed by atoms with van der Waals surface area (Å²) < 4.78 is 38.3. The summed E-state index contributed by atoms with van der Waals surface area (Å²) in [7, 11) is 4.85. The van der Waals surface area contributed by atoms with Gasteiger partial charge in [-0.15, -0.1) is 56.7 Å². The minimum atomic E-state index is -1.92. The molecule has 11 atom stereocenters. The maximum atomic E-state index is 15.2. The predicted molar refractivity (Wildman–Crippen MR) is 363 cm³/mol. The minimum absolute atomic E-state index is 0.00657. The van der Waals surface area contributed by atoms with Crippen LogP contribution in [0.1, 0.15) is 125 Å². The number of thiazole rings is 5. The van der Waals surface area contributed by atoms with Crippen molar-refractivity contribution in [3.8, 4) is 38.4 Å². The number of amides is 5. The Morgan fingerprint density at radius 1 is 0.842 bits per heavy atom. The van der Waals surface area contributed by atoms with Crippen molar-refractivity contribution in [2.75, 3.05) is 54.1 Å². The molecule has 12 N–H and O–H groups in total. The highest BCUT2D eigenvalue weighted by Gasteiger charge is 2.50. The Kier molecular flexibility index (Phi) is 21.4. The fraction of sp³-hybridized carbons (Fsp3) is 0.413. The SMILES string of the molecule is CO/C(C)=C1/NC(=O)[C@H]([C@@H](C)O)NC(=O)c2csc(n2)-c2cc(O)c(-c3nc(C(=O)NCCNCC(O)CO)cs3)nc2-c2csc(n2)[C@@H]2COC(=O)c3c4c5c(cccc5n3O)COC(=O)[C@@H](O[C@H]3C[C@](C)(O)[C@H](N(C)C)[C@H](C)O3)[C@@H](OC4)[C@H](NC(=O)c3csc1n3)c1nc(cs1)C(=O)N2. The van der Waals surface area contributed by atoms with Gasteiger partial charge < -0.3 is 96.0 Å². The molecule has 33 nitrogen and oxygen atoms in total. The standard InChI is InChI=1S/C63H68N14O19S5/c1-25(79)42-55(86)74-43(26(2)91-7)58-70-37(24-99-58)54(85)75-46-48-49(96-40-14-63(4,89)50(76(5)6)27(3)95-40)62(88)93-17-28-9-8-10-38-41(28)31(18-92-48)47(77(38)90)61(87)94-19-32(66-52(83)35-23-101-60(46)71-35)57-67-33(20-98-57)44-30(56-68-36(22-97-56)53(84)73-42)13-39(81)45(72-44)59-69-34(21-100-59)51(82)65-12-11-64-15-29(80)16-78/h8-10,13,20-25,27,29,32,40,42,46,48-50,64,78-81,89-90H,11-12,14-19H2,1-7H3,(H,65,82)(H,66,83)(H,73,84)(H,74,86)(H,75,85)/b43-26+/t25-,27+,29?,32+,40+,42+,46+,48+,49+,50-,63+/m1/s1. The molecule has 7 aromatic heterocycles. The van der Waals surface area contributed by atoms with Crippen LogP contribution in [0.25, 0.3) is 49.3 Å². The van der Waals surface area contributed by atoms with Gasteiger partial charge in [-0.3, -0.25) is 24.0 Å².